The lowest BCUT2D eigenvalue weighted by Gasteiger charge is -2.27. The summed E-state index contributed by atoms with van der Waals surface area (Å²) < 4.78 is 0. The number of amides is 2. The smallest absolute Gasteiger partial charge is 0.258 e. The Labute approximate surface area is 154 Å². The van der Waals surface area contributed by atoms with Gasteiger partial charge < -0.3 is 9.80 Å². The summed E-state index contributed by atoms with van der Waals surface area (Å²) >= 11 is 0. The van der Waals surface area contributed by atoms with Crippen LogP contribution in [0.1, 0.15) is 35.3 Å². The van der Waals surface area contributed by atoms with Gasteiger partial charge in [-0.1, -0.05) is 18.2 Å². The Morgan fingerprint density at radius 2 is 1.73 bits per heavy atom. The van der Waals surface area contributed by atoms with Gasteiger partial charge in [-0.15, -0.1) is 0 Å². The van der Waals surface area contributed by atoms with Crippen LogP contribution < -0.4 is 4.90 Å². The summed E-state index contributed by atoms with van der Waals surface area (Å²) in [5, 5.41) is 9.04. The summed E-state index contributed by atoms with van der Waals surface area (Å²) in [5.41, 5.74) is 2.59. The van der Waals surface area contributed by atoms with Crippen LogP contribution in [0.5, 0.6) is 0 Å². The van der Waals surface area contributed by atoms with Crippen molar-refractivity contribution in [3.63, 3.8) is 0 Å². The average molecular weight is 349 g/mol. The number of carbonyl (C=O) groups excluding carboxylic acids is 2. The van der Waals surface area contributed by atoms with Gasteiger partial charge in [-0.3, -0.25) is 9.59 Å². The van der Waals surface area contributed by atoms with Gasteiger partial charge in [-0.05, 0) is 49.7 Å². The summed E-state index contributed by atoms with van der Waals surface area (Å²) in [6, 6.07) is 16.1. The number of carbonyl (C=O) groups is 2. The number of hydrogen-bond acceptors (Lipinski definition) is 3. The third-order valence-electron chi connectivity index (χ3n) is 4.04. The minimum atomic E-state index is -0.158. The number of benzene rings is 2. The predicted octanol–water partition coefficient (Wildman–Crippen LogP) is 3.24. The van der Waals surface area contributed by atoms with Crippen molar-refractivity contribution in [1.82, 2.24) is 4.90 Å². The zero-order chi connectivity index (χ0) is 19.3. The first-order chi connectivity index (χ1) is 12.3. The molecule has 0 aliphatic carbocycles. The van der Waals surface area contributed by atoms with Gasteiger partial charge in [0.25, 0.3) is 5.91 Å². The van der Waals surface area contributed by atoms with Crippen LogP contribution in [0.3, 0.4) is 0 Å². The second-order valence-corrected chi connectivity index (χ2v) is 6.59. The lowest BCUT2D eigenvalue weighted by Crippen LogP contribution is -2.37. The van der Waals surface area contributed by atoms with Gasteiger partial charge in [0.05, 0.1) is 18.1 Å². The fraction of sp³-hybridized carbons (Fsp3) is 0.286. The molecule has 0 fully saturated rings. The lowest BCUT2D eigenvalue weighted by atomic mass is 10.1. The molecule has 26 heavy (non-hydrogen) atoms. The first kappa shape index (κ1) is 19.2. The summed E-state index contributed by atoms with van der Waals surface area (Å²) in [7, 11) is 3.45. The Morgan fingerprint density at radius 3 is 2.27 bits per heavy atom. The van der Waals surface area contributed by atoms with E-state index < -0.39 is 0 Å². The predicted molar refractivity (Wildman–Crippen MR) is 102 cm³/mol. The van der Waals surface area contributed by atoms with Gasteiger partial charge >= 0.3 is 0 Å². The van der Waals surface area contributed by atoms with Crippen LogP contribution >= 0.6 is 0 Å². The molecule has 0 spiro atoms. The van der Waals surface area contributed by atoms with Crippen molar-refractivity contribution in [3.8, 4) is 6.07 Å². The van der Waals surface area contributed by atoms with Crippen LogP contribution in [0.2, 0.25) is 0 Å². The SMILES string of the molecule is CC(C)N(C(=O)c1cccc(C#N)c1)c1ccc(CC(=O)N(C)C)cc1. The maximum atomic E-state index is 13.0. The molecule has 5 heteroatoms. The molecular weight excluding hydrogens is 326 g/mol. The van der Waals surface area contributed by atoms with Gasteiger partial charge in [0, 0.05) is 31.4 Å². The molecule has 2 amide bonds. The van der Waals surface area contributed by atoms with E-state index in [1.807, 2.05) is 38.1 Å². The van der Waals surface area contributed by atoms with Crippen molar-refractivity contribution >= 4 is 17.5 Å². The molecule has 0 aromatic heterocycles. The Hall–Kier alpha value is -3.13. The molecule has 0 saturated carbocycles. The maximum absolute atomic E-state index is 13.0. The van der Waals surface area contributed by atoms with Crippen molar-refractivity contribution in [2.45, 2.75) is 26.3 Å². The average Bonchev–Trinajstić information content (AvgIpc) is 2.62. The molecule has 0 aliphatic heterocycles. The van der Waals surface area contributed by atoms with Gasteiger partial charge in [-0.25, -0.2) is 0 Å². The van der Waals surface area contributed by atoms with Crippen molar-refractivity contribution in [3.05, 3.63) is 65.2 Å². The number of hydrogen-bond donors (Lipinski definition) is 0. The monoisotopic (exact) mass is 349 g/mol. The normalized spacial score (nSPS) is 10.3. The molecule has 0 N–H and O–H groups in total. The first-order valence-electron chi connectivity index (χ1n) is 8.46. The van der Waals surface area contributed by atoms with Crippen LogP contribution in [0.4, 0.5) is 5.69 Å². The Kier molecular flexibility index (Phi) is 6.13. The van der Waals surface area contributed by atoms with E-state index in [9.17, 15) is 9.59 Å². The van der Waals surface area contributed by atoms with Gasteiger partial charge in [-0.2, -0.15) is 5.26 Å². The summed E-state index contributed by atoms with van der Waals surface area (Å²) in [4.78, 5) is 28.0. The molecule has 0 heterocycles. The largest absolute Gasteiger partial charge is 0.349 e. The Bertz CT molecular complexity index is 833. The quantitative estimate of drug-likeness (QED) is 0.832. The molecular formula is C21H23N3O2. The highest BCUT2D eigenvalue weighted by molar-refractivity contribution is 6.06. The molecule has 134 valence electrons. The molecule has 2 aromatic rings. The van der Waals surface area contributed by atoms with E-state index in [-0.39, 0.29) is 17.9 Å². The Balaban J connectivity index is 2.28. The van der Waals surface area contributed by atoms with Crippen LogP contribution in [-0.4, -0.2) is 36.9 Å². The van der Waals surface area contributed by atoms with Crippen molar-refractivity contribution in [1.29, 1.82) is 5.26 Å². The van der Waals surface area contributed by atoms with E-state index in [0.29, 0.717) is 17.5 Å². The fourth-order valence-corrected chi connectivity index (χ4v) is 2.62. The van der Waals surface area contributed by atoms with E-state index in [0.717, 1.165) is 11.3 Å². The summed E-state index contributed by atoms with van der Waals surface area (Å²) in [6.07, 6.45) is 0.327. The molecule has 0 radical (unpaired) electrons. The lowest BCUT2D eigenvalue weighted by molar-refractivity contribution is -0.127. The summed E-state index contributed by atoms with van der Waals surface area (Å²) in [5.74, 6) is -0.128. The van der Waals surface area contributed by atoms with Crippen molar-refractivity contribution in [2.75, 3.05) is 19.0 Å². The zero-order valence-electron chi connectivity index (χ0n) is 15.6. The highest BCUT2D eigenvalue weighted by Crippen LogP contribution is 2.21. The van der Waals surface area contributed by atoms with E-state index in [1.54, 1.807) is 48.2 Å². The highest BCUT2D eigenvalue weighted by Gasteiger charge is 2.21. The second kappa shape index (κ2) is 8.30. The standard InChI is InChI=1S/C21H23N3O2/c1-15(2)24(21(26)18-7-5-6-17(12-18)14-22)19-10-8-16(9-11-19)13-20(25)23(3)4/h5-12,15H,13H2,1-4H3. The van der Waals surface area contributed by atoms with E-state index in [2.05, 4.69) is 6.07 Å². The van der Waals surface area contributed by atoms with E-state index >= 15 is 0 Å². The summed E-state index contributed by atoms with van der Waals surface area (Å²) in [6.45, 7) is 3.88. The van der Waals surface area contributed by atoms with Crippen molar-refractivity contribution < 1.29 is 9.59 Å². The van der Waals surface area contributed by atoms with Gasteiger partial charge in [0.1, 0.15) is 0 Å². The number of anilines is 1. The first-order valence-corrected chi connectivity index (χ1v) is 8.46. The third-order valence-corrected chi connectivity index (χ3v) is 4.04. The topological polar surface area (TPSA) is 64.4 Å². The number of nitriles is 1. The highest BCUT2D eigenvalue weighted by atomic mass is 16.2. The maximum Gasteiger partial charge on any atom is 0.258 e. The van der Waals surface area contributed by atoms with Gasteiger partial charge in [0.15, 0.2) is 0 Å². The second-order valence-electron chi connectivity index (χ2n) is 6.59. The molecule has 2 rings (SSSR count). The number of rotatable bonds is 5. The molecule has 0 atom stereocenters. The van der Waals surface area contributed by atoms with Crippen LogP contribution in [0.15, 0.2) is 48.5 Å². The van der Waals surface area contributed by atoms with E-state index in [1.165, 1.54) is 0 Å². The fourth-order valence-electron chi connectivity index (χ4n) is 2.62. The van der Waals surface area contributed by atoms with Crippen molar-refractivity contribution in [2.24, 2.45) is 0 Å². The molecule has 2 aromatic carbocycles. The van der Waals surface area contributed by atoms with Crippen LogP contribution in [-0.2, 0) is 11.2 Å². The minimum absolute atomic E-state index is 0.0304. The molecule has 0 saturated heterocycles. The number of likely N-dealkylation sites (N-methyl/N-ethyl adjacent to an activating group) is 1. The Morgan fingerprint density at radius 1 is 1.08 bits per heavy atom. The number of nitrogens with zero attached hydrogens (tertiary/aromatic N) is 3. The molecule has 0 bridgehead atoms. The van der Waals surface area contributed by atoms with Crippen LogP contribution in [0, 0.1) is 11.3 Å². The minimum Gasteiger partial charge on any atom is -0.349 e. The molecule has 0 unspecified atom stereocenters. The zero-order valence-corrected chi connectivity index (χ0v) is 15.6. The molecule has 0 aliphatic rings. The third kappa shape index (κ3) is 4.48. The van der Waals surface area contributed by atoms with Gasteiger partial charge in [0.2, 0.25) is 5.91 Å². The van der Waals surface area contributed by atoms with E-state index in [4.69, 9.17) is 5.26 Å². The van der Waals surface area contributed by atoms with Crippen LogP contribution in [0.25, 0.3) is 0 Å². The molecule has 5 nitrogen and oxygen atoms in total.